The number of nitrogens with two attached hydrogens (primary N) is 1. The summed E-state index contributed by atoms with van der Waals surface area (Å²) in [6, 6.07) is 0.0855. The van der Waals surface area contributed by atoms with Crippen molar-refractivity contribution in [1.29, 1.82) is 0 Å². The van der Waals surface area contributed by atoms with Crippen molar-refractivity contribution in [2.24, 2.45) is 5.73 Å². The quantitative estimate of drug-likeness (QED) is 0.818. The Kier molecular flexibility index (Phi) is 3.51. The Morgan fingerprint density at radius 3 is 2.82 bits per heavy atom. The summed E-state index contributed by atoms with van der Waals surface area (Å²) in [5.74, 6) is 0. The Morgan fingerprint density at radius 1 is 1.59 bits per heavy atom. The molecule has 0 aromatic carbocycles. The van der Waals surface area contributed by atoms with Gasteiger partial charge in [-0.15, -0.1) is 0 Å². The number of carbonyl (C=O) groups excluding carboxylic acids is 1. The molecule has 0 unspecified atom stereocenters. The number of anilines is 1. The van der Waals surface area contributed by atoms with Crippen LogP contribution in [-0.4, -0.2) is 39.8 Å². The van der Waals surface area contributed by atoms with E-state index in [1.165, 1.54) is 0 Å². The number of nitrogens with one attached hydrogen (secondary N) is 1. The minimum Gasteiger partial charge on any atom is -0.380 e. The number of nitrogens with zero attached hydrogens (tertiary/aromatic N) is 3. The summed E-state index contributed by atoms with van der Waals surface area (Å²) < 4.78 is 1.89. The van der Waals surface area contributed by atoms with Crippen molar-refractivity contribution >= 4 is 11.7 Å². The Labute approximate surface area is 101 Å². The van der Waals surface area contributed by atoms with Gasteiger partial charge in [0.05, 0.1) is 11.9 Å². The molecule has 2 amide bonds. The van der Waals surface area contributed by atoms with Crippen molar-refractivity contribution in [3.63, 3.8) is 0 Å². The lowest BCUT2D eigenvalue weighted by atomic mass is 10.1. The summed E-state index contributed by atoms with van der Waals surface area (Å²) >= 11 is 0. The van der Waals surface area contributed by atoms with E-state index in [1.807, 2.05) is 17.1 Å². The smallest absolute Gasteiger partial charge is 0.314 e. The van der Waals surface area contributed by atoms with Crippen molar-refractivity contribution in [2.75, 3.05) is 18.4 Å². The maximum Gasteiger partial charge on any atom is 0.314 e. The van der Waals surface area contributed by atoms with Crippen LogP contribution < -0.4 is 11.1 Å². The molecule has 0 aliphatic carbocycles. The SMILES string of the molecule is CCn1cc(NC2CCN(C(N)=O)CC2)cn1. The first-order chi connectivity index (χ1) is 8.19. The van der Waals surface area contributed by atoms with E-state index in [0.29, 0.717) is 6.04 Å². The van der Waals surface area contributed by atoms with Gasteiger partial charge in [-0.05, 0) is 19.8 Å². The van der Waals surface area contributed by atoms with Crippen LogP contribution in [0.5, 0.6) is 0 Å². The molecular formula is C11H19N5O. The van der Waals surface area contributed by atoms with Gasteiger partial charge in [0.2, 0.25) is 0 Å². The fourth-order valence-electron chi connectivity index (χ4n) is 2.09. The maximum atomic E-state index is 11.0. The van der Waals surface area contributed by atoms with Crippen molar-refractivity contribution in [2.45, 2.75) is 32.4 Å². The average molecular weight is 237 g/mol. The summed E-state index contributed by atoms with van der Waals surface area (Å²) in [7, 11) is 0. The molecule has 17 heavy (non-hydrogen) atoms. The second-order valence-electron chi connectivity index (χ2n) is 4.33. The molecule has 0 bridgehead atoms. The van der Waals surface area contributed by atoms with E-state index in [0.717, 1.165) is 38.2 Å². The van der Waals surface area contributed by atoms with Gasteiger partial charge >= 0.3 is 6.03 Å². The Morgan fingerprint density at radius 2 is 2.29 bits per heavy atom. The standard InChI is InChI=1S/C11H19N5O/c1-2-16-8-10(7-13-16)14-9-3-5-15(6-4-9)11(12)17/h7-9,14H,2-6H2,1H3,(H2,12,17). The number of hydrogen-bond donors (Lipinski definition) is 2. The largest absolute Gasteiger partial charge is 0.380 e. The van der Waals surface area contributed by atoms with Gasteiger partial charge in [0, 0.05) is 31.9 Å². The van der Waals surface area contributed by atoms with Gasteiger partial charge in [0.15, 0.2) is 0 Å². The van der Waals surface area contributed by atoms with Crippen molar-refractivity contribution in [1.82, 2.24) is 14.7 Å². The first kappa shape index (κ1) is 11.8. The third-order valence-electron chi connectivity index (χ3n) is 3.13. The molecule has 0 saturated carbocycles. The highest BCUT2D eigenvalue weighted by atomic mass is 16.2. The summed E-state index contributed by atoms with van der Waals surface area (Å²) in [5.41, 5.74) is 6.29. The minimum atomic E-state index is -0.317. The van der Waals surface area contributed by atoms with E-state index in [-0.39, 0.29) is 6.03 Å². The summed E-state index contributed by atoms with van der Waals surface area (Å²) in [4.78, 5) is 12.7. The molecule has 1 aromatic rings. The number of piperidine rings is 1. The molecule has 6 heteroatoms. The second-order valence-corrected chi connectivity index (χ2v) is 4.33. The third-order valence-corrected chi connectivity index (χ3v) is 3.13. The molecule has 1 aromatic heterocycles. The van der Waals surface area contributed by atoms with Crippen LogP contribution in [0.1, 0.15) is 19.8 Å². The monoisotopic (exact) mass is 237 g/mol. The highest BCUT2D eigenvalue weighted by Crippen LogP contribution is 2.15. The lowest BCUT2D eigenvalue weighted by Gasteiger charge is -2.31. The first-order valence-electron chi connectivity index (χ1n) is 6.02. The van der Waals surface area contributed by atoms with Crippen LogP contribution >= 0.6 is 0 Å². The molecule has 1 aliphatic rings. The van der Waals surface area contributed by atoms with E-state index < -0.39 is 0 Å². The predicted octanol–water partition coefficient (Wildman–Crippen LogP) is 0.858. The first-order valence-corrected chi connectivity index (χ1v) is 6.02. The van der Waals surface area contributed by atoms with Crippen LogP contribution in [0.15, 0.2) is 12.4 Å². The van der Waals surface area contributed by atoms with Crippen LogP contribution in [0.25, 0.3) is 0 Å². The molecule has 1 saturated heterocycles. The second kappa shape index (κ2) is 5.07. The zero-order chi connectivity index (χ0) is 12.3. The topological polar surface area (TPSA) is 76.2 Å². The molecule has 2 heterocycles. The van der Waals surface area contributed by atoms with Gasteiger partial charge < -0.3 is 16.0 Å². The number of rotatable bonds is 3. The molecule has 1 aliphatic heterocycles. The number of likely N-dealkylation sites (tertiary alicyclic amines) is 1. The van der Waals surface area contributed by atoms with Crippen molar-refractivity contribution in [3.8, 4) is 0 Å². The van der Waals surface area contributed by atoms with E-state index in [9.17, 15) is 4.79 Å². The Balaban J connectivity index is 1.83. The number of urea groups is 1. The number of aromatic nitrogens is 2. The summed E-state index contributed by atoms with van der Waals surface area (Å²) in [6.45, 7) is 4.40. The highest BCUT2D eigenvalue weighted by molar-refractivity contribution is 5.72. The van der Waals surface area contributed by atoms with Gasteiger partial charge in [-0.25, -0.2) is 4.79 Å². The fourth-order valence-corrected chi connectivity index (χ4v) is 2.09. The van der Waals surface area contributed by atoms with E-state index in [4.69, 9.17) is 5.73 Å². The third kappa shape index (κ3) is 2.89. The normalized spacial score (nSPS) is 17.1. The van der Waals surface area contributed by atoms with Gasteiger partial charge in [-0.3, -0.25) is 4.68 Å². The van der Waals surface area contributed by atoms with Crippen LogP contribution in [-0.2, 0) is 6.54 Å². The summed E-state index contributed by atoms with van der Waals surface area (Å²) in [5, 5.41) is 7.65. The van der Waals surface area contributed by atoms with Crippen LogP contribution in [0.3, 0.4) is 0 Å². The number of primary amides is 1. The number of hydrogen-bond acceptors (Lipinski definition) is 3. The lowest BCUT2D eigenvalue weighted by Crippen LogP contribution is -2.44. The van der Waals surface area contributed by atoms with Gasteiger partial charge in [-0.1, -0.05) is 0 Å². The van der Waals surface area contributed by atoms with Gasteiger partial charge in [0.25, 0.3) is 0 Å². The molecule has 94 valence electrons. The van der Waals surface area contributed by atoms with E-state index >= 15 is 0 Å². The van der Waals surface area contributed by atoms with Crippen LogP contribution in [0.2, 0.25) is 0 Å². The number of amides is 2. The summed E-state index contributed by atoms with van der Waals surface area (Å²) in [6.07, 6.45) is 5.70. The molecule has 0 atom stereocenters. The highest BCUT2D eigenvalue weighted by Gasteiger charge is 2.21. The zero-order valence-electron chi connectivity index (χ0n) is 10.1. The number of aryl methyl sites for hydroxylation is 1. The lowest BCUT2D eigenvalue weighted by molar-refractivity contribution is 0.193. The molecule has 6 nitrogen and oxygen atoms in total. The molecule has 0 spiro atoms. The van der Waals surface area contributed by atoms with Crippen molar-refractivity contribution < 1.29 is 4.79 Å². The zero-order valence-corrected chi connectivity index (χ0v) is 10.1. The van der Waals surface area contributed by atoms with Gasteiger partial charge in [-0.2, -0.15) is 5.10 Å². The molecular weight excluding hydrogens is 218 g/mol. The molecule has 0 radical (unpaired) electrons. The average Bonchev–Trinajstić information content (AvgIpc) is 2.77. The molecule has 1 fully saturated rings. The number of carbonyl (C=O) groups is 1. The van der Waals surface area contributed by atoms with Crippen LogP contribution in [0, 0.1) is 0 Å². The predicted molar refractivity (Wildman–Crippen MR) is 65.7 cm³/mol. The van der Waals surface area contributed by atoms with Crippen LogP contribution in [0.4, 0.5) is 10.5 Å². The minimum absolute atomic E-state index is 0.317. The fraction of sp³-hybridized carbons (Fsp3) is 0.636. The Bertz CT molecular complexity index is 381. The molecule has 2 rings (SSSR count). The van der Waals surface area contributed by atoms with E-state index in [2.05, 4.69) is 17.3 Å². The Hall–Kier alpha value is -1.72. The van der Waals surface area contributed by atoms with Crippen molar-refractivity contribution in [3.05, 3.63) is 12.4 Å². The maximum absolute atomic E-state index is 11.0. The molecule has 3 N–H and O–H groups in total. The van der Waals surface area contributed by atoms with E-state index in [1.54, 1.807) is 4.90 Å². The van der Waals surface area contributed by atoms with Gasteiger partial charge in [0.1, 0.15) is 0 Å².